The van der Waals surface area contributed by atoms with Gasteiger partial charge in [-0.15, -0.1) is 10.2 Å². The molecule has 1 saturated carbocycles. The van der Waals surface area contributed by atoms with Crippen LogP contribution in [0, 0.1) is 0 Å². The van der Waals surface area contributed by atoms with E-state index in [1.165, 1.54) is 30.3 Å². The van der Waals surface area contributed by atoms with Gasteiger partial charge in [0, 0.05) is 12.0 Å². The lowest BCUT2D eigenvalue weighted by Crippen LogP contribution is -2.07. The lowest BCUT2D eigenvalue weighted by molar-refractivity contribution is -0.111. The molecule has 1 fully saturated rings. The van der Waals surface area contributed by atoms with Gasteiger partial charge in [-0.1, -0.05) is 11.3 Å². The number of rotatable bonds is 4. The minimum atomic E-state index is -0.232. The maximum Gasteiger partial charge on any atom is 0.250 e. The number of carbonyl (C=O) groups is 1. The van der Waals surface area contributed by atoms with Gasteiger partial charge in [0.1, 0.15) is 10.8 Å². The van der Waals surface area contributed by atoms with Gasteiger partial charge in [0.15, 0.2) is 0 Å². The van der Waals surface area contributed by atoms with E-state index in [0.717, 1.165) is 5.01 Å². The third kappa shape index (κ3) is 2.65. The van der Waals surface area contributed by atoms with Crippen LogP contribution in [-0.4, -0.2) is 16.1 Å². The van der Waals surface area contributed by atoms with Crippen molar-refractivity contribution in [3.05, 3.63) is 35.2 Å². The van der Waals surface area contributed by atoms with Crippen molar-refractivity contribution in [3.63, 3.8) is 0 Å². The molecule has 2 aromatic rings. The first-order valence-electron chi connectivity index (χ1n) is 5.67. The van der Waals surface area contributed by atoms with Crippen LogP contribution in [0.5, 0.6) is 0 Å². The van der Waals surface area contributed by atoms with Crippen molar-refractivity contribution in [2.45, 2.75) is 18.8 Å². The van der Waals surface area contributed by atoms with Crippen LogP contribution >= 0.6 is 11.3 Å². The first-order valence-corrected chi connectivity index (χ1v) is 6.49. The third-order valence-corrected chi connectivity index (χ3v) is 3.54. The Hall–Kier alpha value is -1.95. The van der Waals surface area contributed by atoms with Crippen LogP contribution < -0.4 is 5.32 Å². The van der Waals surface area contributed by atoms with Crippen LogP contribution in [-0.2, 0) is 4.79 Å². The molecule has 1 N–H and O–H groups in total. The largest absolute Gasteiger partial charge is 0.465 e. The molecule has 3 rings (SSSR count). The van der Waals surface area contributed by atoms with Gasteiger partial charge in [0.05, 0.1) is 6.26 Å². The molecule has 0 saturated heterocycles. The predicted molar refractivity (Wildman–Crippen MR) is 68.3 cm³/mol. The number of anilines is 1. The number of aromatic nitrogens is 2. The summed E-state index contributed by atoms with van der Waals surface area (Å²) in [7, 11) is 0. The zero-order valence-corrected chi connectivity index (χ0v) is 10.3. The fourth-order valence-electron chi connectivity index (χ4n) is 1.47. The summed E-state index contributed by atoms with van der Waals surface area (Å²) in [5.41, 5.74) is 0. The number of nitrogens with zero attached hydrogens (tertiary/aromatic N) is 2. The molecule has 0 aromatic carbocycles. The Morgan fingerprint density at radius 2 is 2.39 bits per heavy atom. The minimum absolute atomic E-state index is 0.232. The monoisotopic (exact) mass is 261 g/mol. The summed E-state index contributed by atoms with van der Waals surface area (Å²) in [5.74, 6) is 0.970. The molecule has 0 unspecified atom stereocenters. The first-order chi connectivity index (χ1) is 8.81. The van der Waals surface area contributed by atoms with Crippen molar-refractivity contribution in [1.29, 1.82) is 0 Å². The molecule has 5 nitrogen and oxygen atoms in total. The average Bonchev–Trinajstić information content (AvgIpc) is 2.90. The number of amides is 1. The van der Waals surface area contributed by atoms with E-state index in [2.05, 4.69) is 15.5 Å². The fourth-order valence-corrected chi connectivity index (χ4v) is 2.39. The van der Waals surface area contributed by atoms with E-state index >= 15 is 0 Å². The van der Waals surface area contributed by atoms with E-state index in [4.69, 9.17) is 4.42 Å². The molecule has 0 radical (unpaired) electrons. The van der Waals surface area contributed by atoms with E-state index in [1.54, 1.807) is 24.5 Å². The normalized spacial score (nSPS) is 15.1. The summed E-state index contributed by atoms with van der Waals surface area (Å²) in [5, 5.41) is 12.2. The Kier molecular flexibility index (Phi) is 2.93. The van der Waals surface area contributed by atoms with Gasteiger partial charge in [-0.25, -0.2) is 0 Å². The second-order valence-corrected chi connectivity index (χ2v) is 5.07. The molecule has 0 aliphatic heterocycles. The predicted octanol–water partition coefficient (Wildman–Crippen LogP) is 2.66. The molecule has 0 spiro atoms. The molecule has 1 aliphatic carbocycles. The topological polar surface area (TPSA) is 68.0 Å². The molecule has 0 bridgehead atoms. The number of nitrogens with one attached hydrogen (secondary N) is 1. The van der Waals surface area contributed by atoms with Crippen molar-refractivity contribution in [2.75, 3.05) is 5.32 Å². The zero-order valence-electron chi connectivity index (χ0n) is 9.50. The lowest BCUT2D eigenvalue weighted by Gasteiger charge is -1.93. The van der Waals surface area contributed by atoms with Gasteiger partial charge >= 0.3 is 0 Å². The summed E-state index contributed by atoms with van der Waals surface area (Å²) in [4.78, 5) is 11.6. The first kappa shape index (κ1) is 11.2. The van der Waals surface area contributed by atoms with E-state index in [-0.39, 0.29) is 5.91 Å². The van der Waals surface area contributed by atoms with Gasteiger partial charge in [0.25, 0.3) is 0 Å². The molecule has 92 valence electrons. The molecular formula is C12H11N3O2S. The Balaban J connectivity index is 1.59. The van der Waals surface area contributed by atoms with Crippen molar-refractivity contribution >= 4 is 28.5 Å². The van der Waals surface area contributed by atoms with Gasteiger partial charge in [-0.2, -0.15) is 0 Å². The molecule has 18 heavy (non-hydrogen) atoms. The number of hydrogen-bond donors (Lipinski definition) is 1. The van der Waals surface area contributed by atoms with Crippen molar-refractivity contribution in [3.8, 4) is 0 Å². The molecule has 2 aromatic heterocycles. The van der Waals surface area contributed by atoms with Crippen LogP contribution in [0.4, 0.5) is 5.13 Å². The average molecular weight is 261 g/mol. The summed E-state index contributed by atoms with van der Waals surface area (Å²) < 4.78 is 5.09. The Bertz CT molecular complexity index is 570. The molecule has 0 atom stereocenters. The highest BCUT2D eigenvalue weighted by Crippen LogP contribution is 2.41. The summed E-state index contributed by atoms with van der Waals surface area (Å²) in [6.45, 7) is 0. The zero-order chi connectivity index (χ0) is 12.4. The summed E-state index contributed by atoms with van der Waals surface area (Å²) in [6.07, 6.45) is 6.95. The maximum absolute atomic E-state index is 11.6. The van der Waals surface area contributed by atoms with E-state index in [9.17, 15) is 4.79 Å². The van der Waals surface area contributed by atoms with E-state index in [0.29, 0.717) is 16.8 Å². The highest BCUT2D eigenvalue weighted by atomic mass is 32.1. The van der Waals surface area contributed by atoms with Crippen LogP contribution in [0.15, 0.2) is 28.9 Å². The molecule has 2 heterocycles. The smallest absolute Gasteiger partial charge is 0.250 e. The minimum Gasteiger partial charge on any atom is -0.465 e. The van der Waals surface area contributed by atoms with Crippen LogP contribution in [0.25, 0.3) is 6.08 Å². The van der Waals surface area contributed by atoms with E-state index < -0.39 is 0 Å². The highest BCUT2D eigenvalue weighted by Gasteiger charge is 2.27. The van der Waals surface area contributed by atoms with Crippen LogP contribution in [0.2, 0.25) is 0 Å². The Labute approximate surface area is 108 Å². The third-order valence-electron chi connectivity index (χ3n) is 2.54. The quantitative estimate of drug-likeness (QED) is 0.859. The van der Waals surface area contributed by atoms with Gasteiger partial charge in [-0.05, 0) is 31.1 Å². The summed E-state index contributed by atoms with van der Waals surface area (Å²) in [6, 6.07) is 3.55. The number of carbonyl (C=O) groups excluding carboxylic acids is 1. The Morgan fingerprint density at radius 1 is 1.50 bits per heavy atom. The van der Waals surface area contributed by atoms with Crippen LogP contribution in [0.3, 0.4) is 0 Å². The molecule has 1 amide bonds. The van der Waals surface area contributed by atoms with Crippen molar-refractivity contribution in [2.24, 2.45) is 0 Å². The fraction of sp³-hybridized carbons (Fsp3) is 0.250. The van der Waals surface area contributed by atoms with Gasteiger partial charge in [-0.3, -0.25) is 10.1 Å². The lowest BCUT2D eigenvalue weighted by atomic mass is 10.4. The number of hydrogen-bond acceptors (Lipinski definition) is 5. The maximum atomic E-state index is 11.6. The second kappa shape index (κ2) is 4.73. The van der Waals surface area contributed by atoms with Gasteiger partial charge < -0.3 is 4.42 Å². The van der Waals surface area contributed by atoms with Gasteiger partial charge in [0.2, 0.25) is 11.0 Å². The SMILES string of the molecule is O=C(/C=C/c1ccco1)Nc1nnc(C2CC2)s1. The highest BCUT2D eigenvalue weighted by molar-refractivity contribution is 7.15. The molecular weight excluding hydrogens is 250 g/mol. The van der Waals surface area contributed by atoms with Crippen LogP contribution in [0.1, 0.15) is 29.5 Å². The van der Waals surface area contributed by atoms with E-state index in [1.807, 2.05) is 0 Å². The summed E-state index contributed by atoms with van der Waals surface area (Å²) >= 11 is 1.44. The second-order valence-electron chi connectivity index (χ2n) is 4.06. The number of furan rings is 1. The molecule has 1 aliphatic rings. The van der Waals surface area contributed by atoms with Crippen molar-refractivity contribution in [1.82, 2.24) is 10.2 Å². The molecule has 6 heteroatoms. The van der Waals surface area contributed by atoms with Crippen molar-refractivity contribution < 1.29 is 9.21 Å². The Morgan fingerprint density at radius 3 is 3.11 bits per heavy atom. The standard InChI is InChI=1S/C12H11N3O2S/c16-10(6-5-9-2-1-7-17-9)13-12-15-14-11(18-12)8-3-4-8/h1-2,5-8H,3-4H2,(H,13,15,16)/b6-5+.